The van der Waals surface area contributed by atoms with Crippen molar-refractivity contribution < 1.29 is 14.7 Å². The summed E-state index contributed by atoms with van der Waals surface area (Å²) < 4.78 is 0. The Bertz CT molecular complexity index is 377. The highest BCUT2D eigenvalue weighted by molar-refractivity contribution is 5.76. The average Bonchev–Trinajstić information content (AvgIpc) is 3.23. The van der Waals surface area contributed by atoms with Gasteiger partial charge in [0.25, 0.3) is 0 Å². The van der Waals surface area contributed by atoms with Crippen LogP contribution in [0.1, 0.15) is 46.0 Å². The lowest BCUT2D eigenvalue weighted by Gasteiger charge is -2.31. The van der Waals surface area contributed by atoms with Crippen LogP contribution in [0.4, 0.5) is 4.79 Å². The molecule has 0 radical (unpaired) electrons. The van der Waals surface area contributed by atoms with E-state index in [-0.39, 0.29) is 6.03 Å². The largest absolute Gasteiger partial charge is 0.481 e. The number of carbonyl (C=O) groups excluding carboxylic acids is 1. The molecule has 0 aromatic heterocycles. The van der Waals surface area contributed by atoms with E-state index in [1.165, 1.54) is 12.8 Å². The fraction of sp³-hybridized carbons (Fsp3) is 0.867. The molecule has 0 bridgehead atoms. The number of piperidine rings is 1. The Morgan fingerprint density at radius 2 is 2.00 bits per heavy atom. The normalized spacial score (nSPS) is 23.5. The molecule has 2 amide bonds. The summed E-state index contributed by atoms with van der Waals surface area (Å²) in [6.45, 7) is 6.21. The lowest BCUT2D eigenvalue weighted by Crippen LogP contribution is -2.47. The number of nitrogens with zero attached hydrogens (tertiary/aromatic N) is 1. The van der Waals surface area contributed by atoms with Gasteiger partial charge in [-0.25, -0.2) is 4.79 Å². The van der Waals surface area contributed by atoms with Crippen molar-refractivity contribution in [2.45, 2.75) is 46.0 Å². The Labute approximate surface area is 120 Å². The van der Waals surface area contributed by atoms with Crippen LogP contribution < -0.4 is 5.32 Å². The predicted molar refractivity (Wildman–Crippen MR) is 76.5 cm³/mol. The molecule has 0 aromatic rings. The molecule has 114 valence electrons. The fourth-order valence-electron chi connectivity index (χ4n) is 3.04. The van der Waals surface area contributed by atoms with Crippen LogP contribution in [-0.2, 0) is 4.79 Å². The second-order valence-corrected chi connectivity index (χ2v) is 6.87. The summed E-state index contributed by atoms with van der Waals surface area (Å²) in [5, 5.41) is 12.0. The topological polar surface area (TPSA) is 69.6 Å². The van der Waals surface area contributed by atoms with Crippen LogP contribution in [0, 0.1) is 17.3 Å². The quantitative estimate of drug-likeness (QED) is 0.813. The van der Waals surface area contributed by atoms with Crippen molar-refractivity contribution in [2.75, 3.05) is 19.6 Å². The molecule has 20 heavy (non-hydrogen) atoms. The maximum absolute atomic E-state index is 12.1. The van der Waals surface area contributed by atoms with Crippen LogP contribution in [-0.4, -0.2) is 41.6 Å². The van der Waals surface area contributed by atoms with Gasteiger partial charge in [-0.05, 0) is 43.4 Å². The lowest BCUT2D eigenvalue weighted by molar-refractivity contribution is -0.143. The van der Waals surface area contributed by atoms with Crippen LogP contribution >= 0.6 is 0 Å². The first kappa shape index (κ1) is 15.1. The molecule has 1 aliphatic carbocycles. The third-order valence-corrected chi connectivity index (χ3v) is 4.79. The van der Waals surface area contributed by atoms with Crippen molar-refractivity contribution >= 4 is 12.0 Å². The molecule has 1 atom stereocenters. The molecule has 2 N–H and O–H groups in total. The van der Waals surface area contributed by atoms with Gasteiger partial charge in [-0.3, -0.25) is 4.79 Å². The van der Waals surface area contributed by atoms with Crippen molar-refractivity contribution in [1.29, 1.82) is 0 Å². The minimum absolute atomic E-state index is 0.109. The molecule has 5 heteroatoms. The molecule has 5 nitrogen and oxygen atoms in total. The Morgan fingerprint density at radius 3 is 2.60 bits per heavy atom. The third-order valence-electron chi connectivity index (χ3n) is 4.79. The number of rotatable bonds is 5. The van der Waals surface area contributed by atoms with Gasteiger partial charge in [0.2, 0.25) is 0 Å². The van der Waals surface area contributed by atoms with Gasteiger partial charge in [-0.2, -0.15) is 0 Å². The molecule has 0 aromatic carbocycles. The number of likely N-dealkylation sites (tertiary alicyclic amines) is 1. The monoisotopic (exact) mass is 282 g/mol. The first-order chi connectivity index (χ1) is 9.40. The number of carbonyl (C=O) groups is 2. The number of urea groups is 1. The maximum Gasteiger partial charge on any atom is 0.317 e. The summed E-state index contributed by atoms with van der Waals surface area (Å²) in [6.07, 6.45) is 5.06. The number of carboxylic acid groups (broad SMARTS) is 1. The van der Waals surface area contributed by atoms with E-state index in [0.717, 1.165) is 18.8 Å². The average molecular weight is 282 g/mol. The number of hydrogen-bond donors (Lipinski definition) is 2. The van der Waals surface area contributed by atoms with Gasteiger partial charge in [0, 0.05) is 19.6 Å². The highest BCUT2D eigenvalue weighted by Gasteiger charge is 2.37. The van der Waals surface area contributed by atoms with Gasteiger partial charge in [-0.1, -0.05) is 13.8 Å². The summed E-state index contributed by atoms with van der Waals surface area (Å²) in [6, 6.07) is -0.109. The molecule has 0 spiro atoms. The lowest BCUT2D eigenvalue weighted by atomic mass is 9.84. The van der Waals surface area contributed by atoms with Crippen molar-refractivity contribution in [3.63, 3.8) is 0 Å². The maximum atomic E-state index is 12.1. The second-order valence-electron chi connectivity index (χ2n) is 6.87. The van der Waals surface area contributed by atoms with Crippen molar-refractivity contribution in [1.82, 2.24) is 10.2 Å². The zero-order valence-electron chi connectivity index (χ0n) is 12.5. The predicted octanol–water partition coefficient (Wildman–Crippen LogP) is 2.32. The minimum Gasteiger partial charge on any atom is -0.481 e. The highest BCUT2D eigenvalue weighted by Crippen LogP contribution is 2.46. The third kappa shape index (κ3) is 3.87. The Hall–Kier alpha value is -1.26. The number of amides is 2. The summed E-state index contributed by atoms with van der Waals surface area (Å²) >= 11 is 0. The zero-order valence-corrected chi connectivity index (χ0v) is 12.5. The first-order valence-electron chi connectivity index (χ1n) is 7.66. The van der Waals surface area contributed by atoms with Gasteiger partial charge < -0.3 is 15.3 Å². The summed E-state index contributed by atoms with van der Waals surface area (Å²) in [5.74, 6) is -0.388. The van der Waals surface area contributed by atoms with Crippen molar-refractivity contribution in [3.05, 3.63) is 0 Å². The van der Waals surface area contributed by atoms with Crippen LogP contribution in [0.2, 0.25) is 0 Å². The smallest absolute Gasteiger partial charge is 0.317 e. The second kappa shape index (κ2) is 6.02. The Kier molecular flexibility index (Phi) is 4.55. The summed E-state index contributed by atoms with van der Waals surface area (Å²) in [7, 11) is 0. The van der Waals surface area contributed by atoms with Crippen LogP contribution in [0.15, 0.2) is 0 Å². The van der Waals surface area contributed by atoms with Crippen molar-refractivity contribution in [3.8, 4) is 0 Å². The molecular formula is C15H26N2O3. The van der Waals surface area contributed by atoms with Gasteiger partial charge in [-0.15, -0.1) is 0 Å². The van der Waals surface area contributed by atoms with Crippen LogP contribution in [0.3, 0.4) is 0 Å². The number of hydrogen-bond acceptors (Lipinski definition) is 2. The van der Waals surface area contributed by atoms with E-state index in [9.17, 15) is 9.59 Å². The van der Waals surface area contributed by atoms with Gasteiger partial charge in [0.1, 0.15) is 0 Å². The molecular weight excluding hydrogens is 256 g/mol. The van der Waals surface area contributed by atoms with Crippen molar-refractivity contribution in [2.24, 2.45) is 17.3 Å². The Balaban J connectivity index is 1.72. The molecule has 2 fully saturated rings. The van der Waals surface area contributed by atoms with E-state index in [0.29, 0.717) is 31.5 Å². The molecule has 2 aliphatic rings. The Morgan fingerprint density at radius 1 is 1.30 bits per heavy atom. The molecule has 1 unspecified atom stereocenters. The summed E-state index contributed by atoms with van der Waals surface area (Å²) in [4.78, 5) is 24.7. The molecule has 1 aliphatic heterocycles. The SMILES string of the molecule is CC(C)(CCNC(=O)N1CCCC(C(=O)O)C1)C1CC1. The van der Waals surface area contributed by atoms with E-state index in [1.54, 1.807) is 4.90 Å². The number of nitrogens with one attached hydrogen (secondary N) is 1. The van der Waals surface area contributed by atoms with Gasteiger partial charge >= 0.3 is 12.0 Å². The number of carboxylic acids is 1. The van der Waals surface area contributed by atoms with Crippen LogP contribution in [0.5, 0.6) is 0 Å². The van der Waals surface area contributed by atoms with Gasteiger partial charge in [0.05, 0.1) is 5.92 Å². The first-order valence-corrected chi connectivity index (χ1v) is 7.66. The molecule has 1 saturated carbocycles. The standard InChI is InChI=1S/C15H26N2O3/c1-15(2,12-5-6-12)7-8-16-14(20)17-9-3-4-11(10-17)13(18)19/h11-12H,3-10H2,1-2H3,(H,16,20)(H,18,19). The molecule has 2 rings (SSSR count). The van der Waals surface area contributed by atoms with Gasteiger partial charge in [0.15, 0.2) is 0 Å². The fourth-order valence-corrected chi connectivity index (χ4v) is 3.04. The van der Waals surface area contributed by atoms with E-state index in [2.05, 4.69) is 19.2 Å². The van der Waals surface area contributed by atoms with E-state index >= 15 is 0 Å². The number of aliphatic carboxylic acids is 1. The minimum atomic E-state index is -0.794. The van der Waals surface area contributed by atoms with Crippen LogP contribution in [0.25, 0.3) is 0 Å². The summed E-state index contributed by atoms with van der Waals surface area (Å²) in [5.41, 5.74) is 0.304. The highest BCUT2D eigenvalue weighted by atomic mass is 16.4. The zero-order chi connectivity index (χ0) is 14.8. The molecule has 1 heterocycles. The van der Waals surface area contributed by atoms with E-state index in [1.807, 2.05) is 0 Å². The van der Waals surface area contributed by atoms with E-state index < -0.39 is 11.9 Å². The van der Waals surface area contributed by atoms with E-state index in [4.69, 9.17) is 5.11 Å². The molecule has 1 saturated heterocycles.